The first-order valence-electron chi connectivity index (χ1n) is 9.54. The third kappa shape index (κ3) is 3.04. The number of halogens is 3. The number of alkyl halides is 3. The summed E-state index contributed by atoms with van der Waals surface area (Å²) in [6, 6.07) is 5.23. The zero-order chi connectivity index (χ0) is 22.1. The van der Waals surface area contributed by atoms with Crippen LogP contribution in [0.3, 0.4) is 0 Å². The van der Waals surface area contributed by atoms with E-state index in [1.165, 1.54) is 23.7 Å². The summed E-state index contributed by atoms with van der Waals surface area (Å²) in [5.41, 5.74) is -1.82. The number of aromatic nitrogens is 5. The van der Waals surface area contributed by atoms with Gasteiger partial charge in [-0.1, -0.05) is 13.0 Å². The molecule has 31 heavy (non-hydrogen) atoms. The van der Waals surface area contributed by atoms with Gasteiger partial charge in [0.25, 0.3) is 0 Å². The van der Waals surface area contributed by atoms with Crippen LogP contribution in [0.2, 0.25) is 0 Å². The average molecular weight is 451 g/mol. The first kappa shape index (κ1) is 19.8. The highest BCUT2D eigenvalue weighted by Gasteiger charge is 2.40. The predicted molar refractivity (Wildman–Crippen MR) is 105 cm³/mol. The average Bonchev–Trinajstić information content (AvgIpc) is 3.32. The van der Waals surface area contributed by atoms with Crippen LogP contribution in [0.4, 0.5) is 13.2 Å². The van der Waals surface area contributed by atoms with Crippen LogP contribution in [-0.2, 0) is 16.0 Å². The lowest BCUT2D eigenvalue weighted by molar-refractivity contribution is -0.144. The van der Waals surface area contributed by atoms with Crippen molar-refractivity contribution in [2.45, 2.75) is 37.0 Å². The van der Waals surface area contributed by atoms with Gasteiger partial charge < -0.3 is 0 Å². The van der Waals surface area contributed by atoms with Gasteiger partial charge in [0.2, 0.25) is 0 Å². The van der Waals surface area contributed by atoms with E-state index in [4.69, 9.17) is 0 Å². The van der Waals surface area contributed by atoms with Crippen LogP contribution in [0.25, 0.3) is 22.7 Å². The second-order valence-corrected chi connectivity index (χ2v) is 9.56. The molecule has 0 N–H and O–H groups in total. The fraction of sp³-hybridized carbons (Fsp3) is 0.316. The van der Waals surface area contributed by atoms with Gasteiger partial charge >= 0.3 is 11.9 Å². The normalized spacial score (nSPS) is 15.2. The third-order valence-corrected chi connectivity index (χ3v) is 7.02. The van der Waals surface area contributed by atoms with E-state index in [9.17, 15) is 26.4 Å². The van der Waals surface area contributed by atoms with Gasteiger partial charge in [-0.25, -0.2) is 23.2 Å². The fourth-order valence-electron chi connectivity index (χ4n) is 3.65. The molecule has 5 rings (SSSR count). The SMILES string of the molecule is CCS(=O)(=O)c1c(-c2cn3c(=O)n(C4CC4)c(C(F)(F)F)cc3n2)nc2ccccn12. The van der Waals surface area contributed by atoms with Crippen LogP contribution in [0.15, 0.2) is 46.5 Å². The van der Waals surface area contributed by atoms with E-state index in [1.807, 2.05) is 0 Å². The standard InChI is InChI=1S/C19H16F3N5O3S/c1-2-31(29,30)17-16(24-14-5-3-4-8-25(14)17)12-10-26-15(23-12)9-13(19(20,21)22)27(18(26)28)11-6-7-11/h3-5,8-11H,2,6-7H2,1H3. The summed E-state index contributed by atoms with van der Waals surface area (Å²) in [7, 11) is -3.76. The Hall–Kier alpha value is -3.15. The topological polar surface area (TPSA) is 90.7 Å². The van der Waals surface area contributed by atoms with Crippen LogP contribution in [0.5, 0.6) is 0 Å². The summed E-state index contributed by atoms with van der Waals surface area (Å²) in [5.74, 6) is -0.206. The van der Waals surface area contributed by atoms with Crippen LogP contribution in [-0.4, -0.2) is 37.5 Å². The number of hydrogen-bond donors (Lipinski definition) is 0. The molecule has 162 valence electrons. The maximum absolute atomic E-state index is 13.6. The van der Waals surface area contributed by atoms with Crippen LogP contribution in [0, 0.1) is 0 Å². The van der Waals surface area contributed by atoms with Crippen molar-refractivity contribution < 1.29 is 21.6 Å². The molecule has 4 aromatic heterocycles. The Kier molecular flexibility index (Phi) is 4.10. The molecule has 1 fully saturated rings. The lowest BCUT2D eigenvalue weighted by Crippen LogP contribution is -2.31. The van der Waals surface area contributed by atoms with Gasteiger partial charge in [-0.15, -0.1) is 0 Å². The monoisotopic (exact) mass is 451 g/mol. The maximum Gasteiger partial charge on any atom is 0.431 e. The molecule has 8 nitrogen and oxygen atoms in total. The third-order valence-electron chi connectivity index (χ3n) is 5.28. The number of nitrogens with zero attached hydrogens (tertiary/aromatic N) is 5. The summed E-state index contributed by atoms with van der Waals surface area (Å²) in [4.78, 5) is 21.4. The second-order valence-electron chi connectivity index (χ2n) is 7.36. The van der Waals surface area contributed by atoms with Gasteiger partial charge in [-0.3, -0.25) is 13.4 Å². The Bertz CT molecular complexity index is 1510. The number of pyridine rings is 1. The first-order chi connectivity index (χ1) is 14.6. The molecule has 0 amide bonds. The molecule has 4 aromatic rings. The molecule has 0 aromatic carbocycles. The zero-order valence-corrected chi connectivity index (χ0v) is 17.0. The smallest absolute Gasteiger partial charge is 0.290 e. The van der Waals surface area contributed by atoms with Crippen molar-refractivity contribution in [2.75, 3.05) is 5.75 Å². The lowest BCUT2D eigenvalue weighted by atomic mass is 10.3. The number of imidazole rings is 2. The molecule has 1 aliphatic carbocycles. The van der Waals surface area contributed by atoms with Gasteiger partial charge in [-0.05, 0) is 25.0 Å². The number of sulfone groups is 1. The molecule has 0 radical (unpaired) electrons. The molecule has 0 unspecified atom stereocenters. The predicted octanol–water partition coefficient (Wildman–Crippen LogP) is 2.96. The van der Waals surface area contributed by atoms with E-state index in [1.54, 1.807) is 18.2 Å². The highest BCUT2D eigenvalue weighted by atomic mass is 32.2. The van der Waals surface area contributed by atoms with E-state index in [0.29, 0.717) is 18.5 Å². The molecule has 1 aliphatic rings. The highest BCUT2D eigenvalue weighted by molar-refractivity contribution is 7.91. The van der Waals surface area contributed by atoms with Crippen LogP contribution >= 0.6 is 0 Å². The van der Waals surface area contributed by atoms with Crippen molar-refractivity contribution >= 4 is 21.1 Å². The van der Waals surface area contributed by atoms with Gasteiger partial charge in [-0.2, -0.15) is 13.2 Å². The Morgan fingerprint density at radius 2 is 1.87 bits per heavy atom. The van der Waals surface area contributed by atoms with Gasteiger partial charge in [0.05, 0.1) is 5.75 Å². The molecule has 0 spiro atoms. The quantitative estimate of drug-likeness (QED) is 0.476. The number of rotatable bonds is 4. The lowest BCUT2D eigenvalue weighted by Gasteiger charge is -2.14. The number of fused-ring (bicyclic) bond motifs is 2. The van der Waals surface area contributed by atoms with E-state index in [2.05, 4.69) is 9.97 Å². The summed E-state index contributed by atoms with van der Waals surface area (Å²) in [6.07, 6.45) is -0.975. The number of hydrogen-bond acceptors (Lipinski definition) is 5. The van der Waals surface area contributed by atoms with E-state index in [0.717, 1.165) is 15.0 Å². The van der Waals surface area contributed by atoms with Crippen LogP contribution < -0.4 is 5.69 Å². The largest absolute Gasteiger partial charge is 0.431 e. The second kappa shape index (κ2) is 6.42. The Balaban J connectivity index is 1.82. The van der Waals surface area contributed by atoms with E-state index >= 15 is 0 Å². The molecule has 0 saturated heterocycles. The minimum atomic E-state index is -4.73. The van der Waals surface area contributed by atoms with Crippen molar-refractivity contribution in [1.82, 2.24) is 23.3 Å². The van der Waals surface area contributed by atoms with Gasteiger partial charge in [0, 0.05) is 24.5 Å². The van der Waals surface area contributed by atoms with Gasteiger partial charge in [0.1, 0.15) is 28.4 Å². The van der Waals surface area contributed by atoms with Crippen molar-refractivity contribution in [3.05, 3.63) is 52.8 Å². The molecule has 4 heterocycles. The first-order valence-corrected chi connectivity index (χ1v) is 11.2. The fourth-order valence-corrected chi connectivity index (χ4v) is 4.83. The zero-order valence-electron chi connectivity index (χ0n) is 16.2. The van der Waals surface area contributed by atoms with Crippen molar-refractivity contribution in [3.63, 3.8) is 0 Å². The molecule has 0 atom stereocenters. The summed E-state index contributed by atoms with van der Waals surface area (Å²) < 4.78 is 69.5. The van der Waals surface area contributed by atoms with E-state index < -0.39 is 33.4 Å². The minimum absolute atomic E-state index is 0.00879. The molecule has 1 saturated carbocycles. The minimum Gasteiger partial charge on any atom is -0.290 e. The highest BCUT2D eigenvalue weighted by Crippen LogP contribution is 2.39. The van der Waals surface area contributed by atoms with Crippen molar-refractivity contribution in [1.29, 1.82) is 0 Å². The molecule has 0 bridgehead atoms. The Morgan fingerprint density at radius 1 is 1.13 bits per heavy atom. The van der Waals surface area contributed by atoms with Gasteiger partial charge in [0.15, 0.2) is 14.9 Å². The molecular formula is C19H16F3N5O3S. The molecule has 12 heteroatoms. The van der Waals surface area contributed by atoms with Crippen molar-refractivity contribution in [2.24, 2.45) is 0 Å². The summed E-state index contributed by atoms with van der Waals surface area (Å²) >= 11 is 0. The Morgan fingerprint density at radius 3 is 2.52 bits per heavy atom. The maximum atomic E-state index is 13.6. The van der Waals surface area contributed by atoms with E-state index in [-0.39, 0.29) is 27.8 Å². The summed E-state index contributed by atoms with van der Waals surface area (Å²) in [6.45, 7) is 1.48. The summed E-state index contributed by atoms with van der Waals surface area (Å²) in [5, 5.41) is -0.118. The van der Waals surface area contributed by atoms with Crippen molar-refractivity contribution in [3.8, 4) is 11.4 Å². The van der Waals surface area contributed by atoms with Crippen LogP contribution in [0.1, 0.15) is 31.5 Å². The molecule has 0 aliphatic heterocycles. The Labute approximate surface area is 173 Å². The molecular weight excluding hydrogens is 435 g/mol.